The minimum Gasteiger partial charge on any atom is -0.508 e. The van der Waals surface area contributed by atoms with Crippen molar-refractivity contribution in [2.75, 3.05) is 25.6 Å². The zero-order valence-corrected chi connectivity index (χ0v) is 10.7. The van der Waals surface area contributed by atoms with Crippen molar-refractivity contribution in [1.82, 2.24) is 5.32 Å². The maximum Gasteiger partial charge on any atom is 0.334 e. The number of hydrogen-bond donors (Lipinski definition) is 3. The zero-order valence-electron chi connectivity index (χ0n) is 10.7. The first-order valence-electron chi connectivity index (χ1n) is 5.52. The van der Waals surface area contributed by atoms with Crippen LogP contribution in [0.2, 0.25) is 0 Å². The number of ether oxygens (including phenoxy) is 1. The molecule has 0 fully saturated rings. The van der Waals surface area contributed by atoms with Crippen molar-refractivity contribution in [1.29, 1.82) is 0 Å². The Bertz CT molecular complexity index is 446. The molecule has 0 bridgehead atoms. The second-order valence-electron chi connectivity index (χ2n) is 3.82. The van der Waals surface area contributed by atoms with Crippen LogP contribution < -0.4 is 10.2 Å². The minimum absolute atomic E-state index is 0.0999. The Balaban J connectivity index is 2.58. The minimum atomic E-state index is -1.14. The number of nitrogens with one attached hydrogen (secondary N) is 1. The number of anilines is 1. The van der Waals surface area contributed by atoms with Gasteiger partial charge in [-0.3, -0.25) is 4.90 Å². The Kier molecular flexibility index (Phi) is 5.13. The molecule has 1 aromatic carbocycles. The number of benzene rings is 1. The van der Waals surface area contributed by atoms with Gasteiger partial charge in [0.1, 0.15) is 5.75 Å². The highest BCUT2D eigenvalue weighted by atomic mass is 16.5. The summed E-state index contributed by atoms with van der Waals surface area (Å²) in [6.45, 7) is -0.132. The number of carbonyl (C=O) groups excluding carboxylic acids is 1. The van der Waals surface area contributed by atoms with Crippen LogP contribution in [0.25, 0.3) is 0 Å². The molecule has 0 aliphatic carbocycles. The molecular formula is C12H16N2O5. The summed E-state index contributed by atoms with van der Waals surface area (Å²) >= 11 is 0. The van der Waals surface area contributed by atoms with E-state index in [0.29, 0.717) is 5.69 Å². The van der Waals surface area contributed by atoms with E-state index >= 15 is 0 Å². The third-order valence-electron chi connectivity index (χ3n) is 2.54. The van der Waals surface area contributed by atoms with Crippen LogP contribution in [0.5, 0.6) is 5.75 Å². The van der Waals surface area contributed by atoms with Gasteiger partial charge < -0.3 is 20.3 Å². The first kappa shape index (κ1) is 14.8. The number of phenols is 1. The normalized spacial score (nSPS) is 11.7. The van der Waals surface area contributed by atoms with Gasteiger partial charge in [-0.15, -0.1) is 0 Å². The van der Waals surface area contributed by atoms with Gasteiger partial charge in [-0.05, 0) is 24.3 Å². The molecule has 0 radical (unpaired) electrons. The third-order valence-corrected chi connectivity index (χ3v) is 2.54. The van der Waals surface area contributed by atoms with E-state index in [1.54, 1.807) is 12.1 Å². The topological polar surface area (TPSA) is 99.1 Å². The molecule has 19 heavy (non-hydrogen) atoms. The van der Waals surface area contributed by atoms with E-state index in [1.807, 2.05) is 0 Å². The molecule has 0 heterocycles. The Morgan fingerprint density at radius 3 is 2.42 bits per heavy atom. The molecule has 2 amide bonds. The predicted molar refractivity (Wildman–Crippen MR) is 68.3 cm³/mol. The fourth-order valence-corrected chi connectivity index (χ4v) is 1.36. The molecule has 1 rings (SSSR count). The molecule has 0 saturated carbocycles. The fraction of sp³-hybridized carbons (Fsp3) is 0.333. The van der Waals surface area contributed by atoms with Gasteiger partial charge in [-0.1, -0.05) is 0 Å². The first-order chi connectivity index (χ1) is 8.95. The monoisotopic (exact) mass is 268 g/mol. The van der Waals surface area contributed by atoms with Crippen molar-refractivity contribution in [2.24, 2.45) is 0 Å². The number of phenolic OH excluding ortho intramolecular Hbond substituents is 1. The fourth-order valence-electron chi connectivity index (χ4n) is 1.36. The van der Waals surface area contributed by atoms with Crippen LogP contribution in [-0.4, -0.2) is 49.0 Å². The van der Waals surface area contributed by atoms with Crippen LogP contribution in [0.15, 0.2) is 24.3 Å². The van der Waals surface area contributed by atoms with Crippen LogP contribution in [0.1, 0.15) is 0 Å². The lowest BCUT2D eigenvalue weighted by atomic mass is 10.3. The summed E-state index contributed by atoms with van der Waals surface area (Å²) in [4.78, 5) is 23.8. The van der Waals surface area contributed by atoms with Gasteiger partial charge in [0, 0.05) is 19.8 Å². The van der Waals surface area contributed by atoms with Crippen molar-refractivity contribution in [3.63, 3.8) is 0 Å². The summed E-state index contributed by atoms with van der Waals surface area (Å²) in [5.41, 5.74) is 0.569. The summed E-state index contributed by atoms with van der Waals surface area (Å²) in [7, 11) is 2.79. The smallest absolute Gasteiger partial charge is 0.334 e. The number of amides is 2. The van der Waals surface area contributed by atoms with Crippen LogP contribution >= 0.6 is 0 Å². The Morgan fingerprint density at radius 2 is 1.95 bits per heavy atom. The number of hydrogen-bond acceptors (Lipinski definition) is 4. The first-order valence-corrected chi connectivity index (χ1v) is 5.52. The summed E-state index contributed by atoms with van der Waals surface area (Å²) in [6, 6.07) is 5.58. The summed E-state index contributed by atoms with van der Waals surface area (Å²) < 4.78 is 4.70. The molecule has 0 spiro atoms. The number of carbonyl (C=O) groups is 2. The van der Waals surface area contributed by atoms with Crippen LogP contribution in [0.3, 0.4) is 0 Å². The second-order valence-corrected chi connectivity index (χ2v) is 3.82. The van der Waals surface area contributed by atoms with E-state index in [9.17, 15) is 9.59 Å². The number of carboxylic acid groups (broad SMARTS) is 1. The molecular weight excluding hydrogens is 252 g/mol. The summed E-state index contributed by atoms with van der Waals surface area (Å²) in [5.74, 6) is -1.04. The molecule has 0 saturated heterocycles. The number of urea groups is 1. The van der Waals surface area contributed by atoms with Gasteiger partial charge in [0.15, 0.2) is 6.10 Å². The van der Waals surface area contributed by atoms with Gasteiger partial charge in [-0.2, -0.15) is 0 Å². The van der Waals surface area contributed by atoms with E-state index < -0.39 is 18.1 Å². The van der Waals surface area contributed by atoms with Gasteiger partial charge >= 0.3 is 12.0 Å². The molecule has 1 aromatic rings. The number of aromatic hydroxyl groups is 1. The maximum absolute atomic E-state index is 11.8. The molecule has 1 atom stereocenters. The molecule has 104 valence electrons. The predicted octanol–water partition coefficient (Wildman–Crippen LogP) is 0.638. The van der Waals surface area contributed by atoms with Crippen molar-refractivity contribution in [2.45, 2.75) is 6.10 Å². The molecule has 3 N–H and O–H groups in total. The van der Waals surface area contributed by atoms with Gasteiger partial charge in [0.25, 0.3) is 0 Å². The Labute approximate surface area is 110 Å². The van der Waals surface area contributed by atoms with E-state index in [-0.39, 0.29) is 12.3 Å². The number of aliphatic carboxylic acids is 1. The number of carboxylic acids is 1. The molecule has 1 unspecified atom stereocenters. The average Bonchev–Trinajstić information content (AvgIpc) is 2.38. The number of nitrogens with zero attached hydrogens (tertiary/aromatic N) is 1. The van der Waals surface area contributed by atoms with Gasteiger partial charge in [-0.25, -0.2) is 9.59 Å². The third kappa shape index (κ3) is 4.14. The highest BCUT2D eigenvalue weighted by Gasteiger charge is 2.18. The second kappa shape index (κ2) is 6.60. The lowest BCUT2D eigenvalue weighted by molar-refractivity contribution is -0.147. The van der Waals surface area contributed by atoms with E-state index in [0.717, 1.165) is 0 Å². The van der Waals surface area contributed by atoms with Gasteiger partial charge in [0.2, 0.25) is 0 Å². The number of methoxy groups -OCH3 is 1. The van der Waals surface area contributed by atoms with Crippen molar-refractivity contribution in [3.05, 3.63) is 24.3 Å². The maximum atomic E-state index is 11.8. The van der Waals surface area contributed by atoms with E-state index in [1.165, 1.54) is 31.2 Å². The largest absolute Gasteiger partial charge is 0.508 e. The lowest BCUT2D eigenvalue weighted by Gasteiger charge is -2.19. The standard InChI is InChI=1S/C12H16N2O5/c1-14(8-3-5-9(15)6-4-8)12(18)13-7-10(19-2)11(16)17/h3-6,10,15H,7H2,1-2H3,(H,13,18)(H,16,17). The summed E-state index contributed by atoms with van der Waals surface area (Å²) in [5, 5.41) is 20.3. The molecule has 0 aromatic heterocycles. The van der Waals surface area contributed by atoms with E-state index in [2.05, 4.69) is 5.32 Å². The molecule has 7 nitrogen and oxygen atoms in total. The average molecular weight is 268 g/mol. The summed E-state index contributed by atoms with van der Waals surface area (Å²) in [6.07, 6.45) is -1.09. The number of rotatable bonds is 5. The van der Waals surface area contributed by atoms with Crippen molar-refractivity contribution >= 4 is 17.7 Å². The van der Waals surface area contributed by atoms with Crippen LogP contribution in [-0.2, 0) is 9.53 Å². The zero-order chi connectivity index (χ0) is 14.4. The lowest BCUT2D eigenvalue weighted by Crippen LogP contribution is -2.43. The van der Waals surface area contributed by atoms with Crippen molar-refractivity contribution < 1.29 is 24.5 Å². The molecule has 0 aliphatic rings. The van der Waals surface area contributed by atoms with Gasteiger partial charge in [0.05, 0.1) is 6.54 Å². The quantitative estimate of drug-likeness (QED) is 0.727. The Hall–Kier alpha value is -2.28. The molecule has 7 heteroatoms. The SMILES string of the molecule is COC(CNC(=O)N(C)c1ccc(O)cc1)C(=O)O. The Morgan fingerprint density at radius 1 is 1.37 bits per heavy atom. The highest BCUT2D eigenvalue weighted by Crippen LogP contribution is 2.16. The molecule has 0 aliphatic heterocycles. The van der Waals surface area contributed by atoms with Crippen LogP contribution in [0, 0.1) is 0 Å². The van der Waals surface area contributed by atoms with Crippen molar-refractivity contribution in [3.8, 4) is 5.75 Å². The van der Waals surface area contributed by atoms with E-state index in [4.69, 9.17) is 14.9 Å². The highest BCUT2D eigenvalue weighted by molar-refractivity contribution is 5.91. The van der Waals surface area contributed by atoms with Crippen LogP contribution in [0.4, 0.5) is 10.5 Å².